The molecule has 0 bridgehead atoms. The SMILES string of the molecule is COc1ccccc1OCCNC(=O)c1ccccc1N(Cc1ccccc1)S(=O)(=O)c1ccc(C)cc1. The minimum atomic E-state index is -3.98. The van der Waals surface area contributed by atoms with Crippen molar-refractivity contribution in [3.05, 3.63) is 120 Å². The fourth-order valence-corrected chi connectivity index (χ4v) is 5.40. The van der Waals surface area contributed by atoms with Crippen LogP contribution in [0.3, 0.4) is 0 Å². The van der Waals surface area contributed by atoms with Crippen LogP contribution >= 0.6 is 0 Å². The summed E-state index contributed by atoms with van der Waals surface area (Å²) in [6, 6.07) is 29.9. The molecule has 1 amide bonds. The van der Waals surface area contributed by atoms with Crippen molar-refractivity contribution in [3.8, 4) is 11.5 Å². The van der Waals surface area contributed by atoms with E-state index >= 15 is 0 Å². The molecule has 4 aromatic carbocycles. The molecule has 0 saturated carbocycles. The molecule has 0 spiro atoms. The van der Waals surface area contributed by atoms with Gasteiger partial charge in [0, 0.05) is 0 Å². The van der Waals surface area contributed by atoms with Gasteiger partial charge in [0.1, 0.15) is 6.61 Å². The van der Waals surface area contributed by atoms with Crippen LogP contribution in [-0.2, 0) is 16.6 Å². The van der Waals surface area contributed by atoms with E-state index < -0.39 is 15.9 Å². The van der Waals surface area contributed by atoms with E-state index in [4.69, 9.17) is 9.47 Å². The number of methoxy groups -OCH3 is 1. The van der Waals surface area contributed by atoms with Crippen molar-refractivity contribution in [1.29, 1.82) is 0 Å². The highest BCUT2D eigenvalue weighted by atomic mass is 32.2. The molecule has 0 saturated heterocycles. The van der Waals surface area contributed by atoms with Gasteiger partial charge in [-0.25, -0.2) is 8.42 Å². The molecular weight excluding hydrogens is 500 g/mol. The van der Waals surface area contributed by atoms with Crippen LogP contribution in [0.2, 0.25) is 0 Å². The summed E-state index contributed by atoms with van der Waals surface area (Å²) in [7, 11) is -2.42. The van der Waals surface area contributed by atoms with Crippen LogP contribution in [0.25, 0.3) is 0 Å². The smallest absolute Gasteiger partial charge is 0.264 e. The zero-order valence-electron chi connectivity index (χ0n) is 21.3. The summed E-state index contributed by atoms with van der Waals surface area (Å²) in [5.74, 6) is 0.770. The highest BCUT2D eigenvalue weighted by Gasteiger charge is 2.28. The fraction of sp³-hybridized carbons (Fsp3) is 0.167. The van der Waals surface area contributed by atoms with Crippen LogP contribution < -0.4 is 19.1 Å². The van der Waals surface area contributed by atoms with Gasteiger partial charge in [-0.15, -0.1) is 0 Å². The summed E-state index contributed by atoms with van der Waals surface area (Å²) in [4.78, 5) is 13.4. The number of aryl methyl sites for hydroxylation is 1. The van der Waals surface area contributed by atoms with E-state index in [2.05, 4.69) is 5.32 Å². The van der Waals surface area contributed by atoms with Crippen molar-refractivity contribution in [1.82, 2.24) is 5.32 Å². The quantitative estimate of drug-likeness (QED) is 0.269. The van der Waals surface area contributed by atoms with E-state index in [1.165, 1.54) is 4.31 Å². The van der Waals surface area contributed by atoms with Crippen LogP contribution in [0, 0.1) is 6.92 Å². The third kappa shape index (κ3) is 6.33. The molecule has 0 aromatic heterocycles. The average Bonchev–Trinajstić information content (AvgIpc) is 2.95. The summed E-state index contributed by atoms with van der Waals surface area (Å²) >= 11 is 0. The Kier molecular flexibility index (Phi) is 8.66. The number of hydrogen-bond acceptors (Lipinski definition) is 5. The molecule has 7 nitrogen and oxygen atoms in total. The Morgan fingerprint density at radius 3 is 2.16 bits per heavy atom. The minimum absolute atomic E-state index is 0.0677. The molecule has 4 rings (SSSR count). The Labute approximate surface area is 223 Å². The molecular formula is C30H30N2O5S. The van der Waals surface area contributed by atoms with Crippen LogP contribution in [0.5, 0.6) is 11.5 Å². The van der Waals surface area contributed by atoms with Gasteiger partial charge in [0.15, 0.2) is 11.5 Å². The first-order chi connectivity index (χ1) is 18.4. The highest BCUT2D eigenvalue weighted by Crippen LogP contribution is 2.30. The van der Waals surface area contributed by atoms with Crippen LogP contribution in [0.15, 0.2) is 108 Å². The van der Waals surface area contributed by atoms with Gasteiger partial charge in [-0.1, -0.05) is 72.3 Å². The van der Waals surface area contributed by atoms with Crippen molar-refractivity contribution >= 4 is 21.6 Å². The number of amides is 1. The molecule has 0 atom stereocenters. The van der Waals surface area contributed by atoms with Crippen molar-refractivity contribution in [2.75, 3.05) is 24.6 Å². The zero-order chi connectivity index (χ0) is 27.0. The maximum atomic E-state index is 13.9. The Morgan fingerprint density at radius 1 is 0.816 bits per heavy atom. The number of benzene rings is 4. The van der Waals surface area contributed by atoms with E-state index in [0.29, 0.717) is 17.2 Å². The van der Waals surface area contributed by atoms with E-state index in [-0.39, 0.29) is 30.2 Å². The second-order valence-electron chi connectivity index (χ2n) is 8.58. The molecule has 1 N–H and O–H groups in total. The number of nitrogens with one attached hydrogen (secondary N) is 1. The number of hydrogen-bond donors (Lipinski definition) is 1. The Morgan fingerprint density at radius 2 is 1.45 bits per heavy atom. The van der Waals surface area contributed by atoms with E-state index in [1.807, 2.05) is 49.4 Å². The highest BCUT2D eigenvalue weighted by molar-refractivity contribution is 7.92. The van der Waals surface area contributed by atoms with E-state index in [9.17, 15) is 13.2 Å². The van der Waals surface area contributed by atoms with Crippen molar-refractivity contribution in [2.45, 2.75) is 18.4 Å². The van der Waals surface area contributed by atoms with Crippen molar-refractivity contribution < 1.29 is 22.7 Å². The molecule has 4 aromatic rings. The largest absolute Gasteiger partial charge is 0.493 e. The van der Waals surface area contributed by atoms with Gasteiger partial charge < -0.3 is 14.8 Å². The second kappa shape index (κ2) is 12.3. The zero-order valence-corrected chi connectivity index (χ0v) is 22.1. The molecule has 0 unspecified atom stereocenters. The molecule has 196 valence electrons. The van der Waals surface area contributed by atoms with E-state index in [1.54, 1.807) is 67.8 Å². The molecule has 0 heterocycles. The monoisotopic (exact) mass is 530 g/mol. The lowest BCUT2D eigenvalue weighted by molar-refractivity contribution is 0.0947. The van der Waals surface area contributed by atoms with E-state index in [0.717, 1.165) is 11.1 Å². The molecule has 0 aliphatic rings. The molecule has 38 heavy (non-hydrogen) atoms. The van der Waals surface area contributed by atoms with Gasteiger partial charge in [0.2, 0.25) is 0 Å². The van der Waals surface area contributed by atoms with Crippen LogP contribution in [0.4, 0.5) is 5.69 Å². The van der Waals surface area contributed by atoms with Crippen LogP contribution in [-0.4, -0.2) is 34.6 Å². The molecule has 0 fully saturated rings. The number of nitrogens with zero attached hydrogens (tertiary/aromatic N) is 1. The maximum Gasteiger partial charge on any atom is 0.264 e. The molecule has 0 radical (unpaired) electrons. The average molecular weight is 531 g/mol. The number of carbonyl (C=O) groups excluding carboxylic acids is 1. The maximum absolute atomic E-state index is 13.9. The molecule has 0 aliphatic heterocycles. The van der Waals surface area contributed by atoms with Crippen molar-refractivity contribution in [3.63, 3.8) is 0 Å². The van der Waals surface area contributed by atoms with Gasteiger partial charge in [0.25, 0.3) is 15.9 Å². The first kappa shape index (κ1) is 26.8. The lowest BCUT2D eigenvalue weighted by Gasteiger charge is -2.26. The minimum Gasteiger partial charge on any atom is -0.493 e. The Balaban J connectivity index is 1.59. The lowest BCUT2D eigenvalue weighted by Crippen LogP contribution is -2.34. The number of sulfonamides is 1. The van der Waals surface area contributed by atoms with Gasteiger partial charge in [-0.2, -0.15) is 0 Å². The summed E-state index contributed by atoms with van der Waals surface area (Å²) in [5.41, 5.74) is 2.29. The Bertz CT molecular complexity index is 1470. The predicted molar refractivity (Wildman–Crippen MR) is 148 cm³/mol. The summed E-state index contributed by atoms with van der Waals surface area (Å²) in [6.45, 7) is 2.39. The summed E-state index contributed by atoms with van der Waals surface area (Å²) in [5, 5.41) is 2.84. The number of para-hydroxylation sites is 3. The van der Waals surface area contributed by atoms with Crippen LogP contribution in [0.1, 0.15) is 21.5 Å². The Hall–Kier alpha value is -4.30. The number of carbonyl (C=O) groups is 1. The molecule has 0 aliphatic carbocycles. The predicted octanol–water partition coefficient (Wildman–Crippen LogP) is 5.21. The van der Waals surface area contributed by atoms with Gasteiger partial charge in [-0.3, -0.25) is 9.10 Å². The topological polar surface area (TPSA) is 84.9 Å². The number of rotatable bonds is 11. The normalized spacial score (nSPS) is 11.0. The third-order valence-corrected chi connectivity index (χ3v) is 7.68. The number of anilines is 1. The fourth-order valence-electron chi connectivity index (χ4n) is 3.93. The van der Waals surface area contributed by atoms with Gasteiger partial charge in [0.05, 0.1) is 36.3 Å². The summed E-state index contributed by atoms with van der Waals surface area (Å²) < 4.78 is 40.0. The van der Waals surface area contributed by atoms with Gasteiger partial charge in [-0.05, 0) is 48.9 Å². The van der Waals surface area contributed by atoms with Crippen molar-refractivity contribution in [2.24, 2.45) is 0 Å². The standard InChI is InChI=1S/C30H30N2O5S/c1-23-16-18-25(19-17-23)38(34,35)32(22-24-10-4-3-5-11-24)27-13-7-6-12-26(27)30(33)31-20-21-37-29-15-9-8-14-28(29)36-2/h3-19H,20-22H2,1-2H3,(H,31,33). The second-order valence-corrected chi connectivity index (χ2v) is 10.4. The third-order valence-electron chi connectivity index (χ3n) is 5.91. The first-order valence-corrected chi connectivity index (χ1v) is 13.6. The first-order valence-electron chi connectivity index (χ1n) is 12.2. The summed E-state index contributed by atoms with van der Waals surface area (Å²) in [6.07, 6.45) is 0. The van der Waals surface area contributed by atoms with Gasteiger partial charge >= 0.3 is 0 Å². The lowest BCUT2D eigenvalue weighted by atomic mass is 10.1. The molecule has 8 heteroatoms. The number of ether oxygens (including phenoxy) is 2.